The molecule has 0 saturated carbocycles. The Hall–Kier alpha value is -2.10. The maximum absolute atomic E-state index is 12.2. The number of aromatic nitrogens is 2. The number of anilines is 1. The smallest absolute Gasteiger partial charge is 0.259 e. The van der Waals surface area contributed by atoms with Crippen LogP contribution in [0.25, 0.3) is 0 Å². The first-order valence-electron chi connectivity index (χ1n) is 5.89. The van der Waals surface area contributed by atoms with Gasteiger partial charge in [-0.1, -0.05) is 17.7 Å². The lowest BCUT2D eigenvalue weighted by atomic mass is 10.1. The molecule has 1 aromatic carbocycles. The second kappa shape index (κ2) is 4.64. The number of amides is 1. The molecule has 0 bridgehead atoms. The Morgan fingerprint density at radius 2 is 1.94 bits per heavy atom. The zero-order valence-corrected chi connectivity index (χ0v) is 11.1. The van der Waals surface area contributed by atoms with Gasteiger partial charge in [-0.25, -0.2) is 0 Å². The summed E-state index contributed by atoms with van der Waals surface area (Å²) < 4.78 is 0. The van der Waals surface area contributed by atoms with Crippen molar-refractivity contribution in [2.45, 2.75) is 27.7 Å². The van der Waals surface area contributed by atoms with Gasteiger partial charge in [-0.2, -0.15) is 5.10 Å². The van der Waals surface area contributed by atoms with Crippen molar-refractivity contribution in [3.05, 3.63) is 46.3 Å². The molecule has 1 heterocycles. The number of hydrogen-bond donors (Lipinski definition) is 2. The second-order valence-corrected chi connectivity index (χ2v) is 4.58. The zero-order chi connectivity index (χ0) is 13.3. The van der Waals surface area contributed by atoms with Gasteiger partial charge in [0.1, 0.15) is 0 Å². The summed E-state index contributed by atoms with van der Waals surface area (Å²) in [6.45, 7) is 7.68. The van der Waals surface area contributed by atoms with E-state index in [2.05, 4.69) is 15.5 Å². The molecule has 2 rings (SSSR count). The van der Waals surface area contributed by atoms with Crippen molar-refractivity contribution >= 4 is 11.6 Å². The molecule has 0 fully saturated rings. The molecule has 1 aromatic heterocycles. The van der Waals surface area contributed by atoms with Gasteiger partial charge in [0.05, 0.1) is 11.3 Å². The number of rotatable bonds is 2. The van der Waals surface area contributed by atoms with Crippen LogP contribution in [-0.4, -0.2) is 16.1 Å². The summed E-state index contributed by atoms with van der Waals surface area (Å²) >= 11 is 0. The minimum absolute atomic E-state index is 0.120. The minimum atomic E-state index is -0.120. The van der Waals surface area contributed by atoms with Crippen LogP contribution in [-0.2, 0) is 0 Å². The van der Waals surface area contributed by atoms with Crippen LogP contribution in [0, 0.1) is 27.7 Å². The minimum Gasteiger partial charge on any atom is -0.322 e. The van der Waals surface area contributed by atoms with Crippen LogP contribution >= 0.6 is 0 Å². The van der Waals surface area contributed by atoms with Crippen molar-refractivity contribution < 1.29 is 4.79 Å². The topological polar surface area (TPSA) is 57.8 Å². The highest BCUT2D eigenvalue weighted by molar-refractivity contribution is 6.06. The van der Waals surface area contributed by atoms with E-state index >= 15 is 0 Å². The predicted molar refractivity (Wildman–Crippen MR) is 71.9 cm³/mol. The zero-order valence-electron chi connectivity index (χ0n) is 11.1. The predicted octanol–water partition coefficient (Wildman–Crippen LogP) is 2.90. The first kappa shape index (κ1) is 12.4. The number of hydrogen-bond acceptors (Lipinski definition) is 2. The lowest BCUT2D eigenvalue weighted by Gasteiger charge is -2.09. The molecule has 0 saturated heterocycles. The molecule has 4 heteroatoms. The molecule has 0 radical (unpaired) electrons. The van der Waals surface area contributed by atoms with Crippen LogP contribution in [0.1, 0.15) is 32.9 Å². The Kier molecular flexibility index (Phi) is 3.19. The number of benzene rings is 1. The highest BCUT2D eigenvalue weighted by atomic mass is 16.1. The number of aromatic amines is 1. The molecular formula is C14H17N3O. The van der Waals surface area contributed by atoms with Crippen LogP contribution in [0.4, 0.5) is 5.69 Å². The van der Waals surface area contributed by atoms with Crippen molar-refractivity contribution in [2.75, 3.05) is 5.32 Å². The van der Waals surface area contributed by atoms with E-state index in [1.807, 2.05) is 45.9 Å². The lowest BCUT2D eigenvalue weighted by Crippen LogP contribution is -2.14. The molecule has 18 heavy (non-hydrogen) atoms. The Morgan fingerprint density at radius 3 is 2.50 bits per heavy atom. The van der Waals surface area contributed by atoms with E-state index in [4.69, 9.17) is 0 Å². The number of nitrogens with one attached hydrogen (secondary N) is 2. The second-order valence-electron chi connectivity index (χ2n) is 4.58. The molecule has 0 atom stereocenters. The van der Waals surface area contributed by atoms with Gasteiger partial charge in [0.2, 0.25) is 0 Å². The van der Waals surface area contributed by atoms with E-state index < -0.39 is 0 Å². The van der Waals surface area contributed by atoms with Gasteiger partial charge in [-0.05, 0) is 39.3 Å². The maximum Gasteiger partial charge on any atom is 0.259 e. The molecule has 1 amide bonds. The van der Waals surface area contributed by atoms with Gasteiger partial charge in [-0.15, -0.1) is 0 Å². The van der Waals surface area contributed by atoms with E-state index in [-0.39, 0.29) is 5.91 Å². The Balaban J connectivity index is 2.27. The monoisotopic (exact) mass is 243 g/mol. The summed E-state index contributed by atoms with van der Waals surface area (Å²) in [4.78, 5) is 12.2. The fourth-order valence-electron chi connectivity index (χ4n) is 2.02. The maximum atomic E-state index is 12.2. The Bertz CT molecular complexity index is 580. The van der Waals surface area contributed by atoms with E-state index in [0.29, 0.717) is 5.56 Å². The number of nitrogens with zero attached hydrogens (tertiary/aromatic N) is 1. The SMILES string of the molecule is Cc1ccc(NC(=O)c2c(C)n[nH]c2C)c(C)c1. The lowest BCUT2D eigenvalue weighted by molar-refractivity contribution is 0.102. The third-order valence-electron chi connectivity index (χ3n) is 2.99. The van der Waals surface area contributed by atoms with Gasteiger partial charge in [0.25, 0.3) is 5.91 Å². The van der Waals surface area contributed by atoms with Crippen molar-refractivity contribution in [3.8, 4) is 0 Å². The van der Waals surface area contributed by atoms with Crippen molar-refractivity contribution in [1.82, 2.24) is 10.2 Å². The van der Waals surface area contributed by atoms with E-state index in [1.165, 1.54) is 5.56 Å². The fourth-order valence-corrected chi connectivity index (χ4v) is 2.02. The van der Waals surface area contributed by atoms with Gasteiger partial charge in [-0.3, -0.25) is 9.89 Å². The summed E-state index contributed by atoms with van der Waals surface area (Å²) in [6, 6.07) is 5.95. The van der Waals surface area contributed by atoms with Crippen molar-refractivity contribution in [2.24, 2.45) is 0 Å². The van der Waals surface area contributed by atoms with Gasteiger partial charge in [0.15, 0.2) is 0 Å². The van der Waals surface area contributed by atoms with E-state index in [1.54, 1.807) is 0 Å². The van der Waals surface area contributed by atoms with Gasteiger partial charge in [0, 0.05) is 11.4 Å². The quantitative estimate of drug-likeness (QED) is 0.852. The third-order valence-corrected chi connectivity index (χ3v) is 2.99. The van der Waals surface area contributed by atoms with Crippen LogP contribution in [0.15, 0.2) is 18.2 Å². The first-order chi connectivity index (χ1) is 8.49. The molecule has 4 nitrogen and oxygen atoms in total. The number of carbonyl (C=O) groups excluding carboxylic acids is 1. The van der Waals surface area contributed by atoms with Crippen LogP contribution < -0.4 is 5.32 Å². The summed E-state index contributed by atoms with van der Waals surface area (Å²) in [6.07, 6.45) is 0. The summed E-state index contributed by atoms with van der Waals surface area (Å²) in [7, 11) is 0. The molecular weight excluding hydrogens is 226 g/mol. The molecule has 0 aliphatic rings. The molecule has 0 unspecified atom stereocenters. The molecule has 0 aliphatic heterocycles. The average Bonchev–Trinajstić information content (AvgIpc) is 2.62. The standard InChI is InChI=1S/C14H17N3O/c1-8-5-6-12(9(2)7-8)15-14(18)13-10(3)16-17-11(13)4/h5-7H,1-4H3,(H,15,18)(H,16,17). The summed E-state index contributed by atoms with van der Waals surface area (Å²) in [5, 5.41) is 9.77. The normalized spacial score (nSPS) is 10.4. The fraction of sp³-hybridized carbons (Fsp3) is 0.286. The summed E-state index contributed by atoms with van der Waals surface area (Å²) in [5.74, 6) is -0.120. The average molecular weight is 243 g/mol. The Morgan fingerprint density at radius 1 is 1.22 bits per heavy atom. The number of carbonyl (C=O) groups is 1. The number of aryl methyl sites for hydroxylation is 4. The van der Waals surface area contributed by atoms with Gasteiger partial charge >= 0.3 is 0 Å². The first-order valence-corrected chi connectivity index (χ1v) is 5.89. The van der Waals surface area contributed by atoms with E-state index in [0.717, 1.165) is 22.6 Å². The molecule has 0 aliphatic carbocycles. The van der Waals surface area contributed by atoms with Crippen molar-refractivity contribution in [1.29, 1.82) is 0 Å². The molecule has 94 valence electrons. The van der Waals surface area contributed by atoms with Crippen LogP contribution in [0.3, 0.4) is 0 Å². The van der Waals surface area contributed by atoms with Crippen LogP contribution in [0.2, 0.25) is 0 Å². The molecule has 2 aromatic rings. The summed E-state index contributed by atoms with van der Waals surface area (Å²) in [5.41, 5.74) is 5.20. The largest absolute Gasteiger partial charge is 0.322 e. The van der Waals surface area contributed by atoms with Crippen molar-refractivity contribution in [3.63, 3.8) is 0 Å². The van der Waals surface area contributed by atoms with E-state index in [9.17, 15) is 4.79 Å². The third kappa shape index (κ3) is 2.27. The molecule has 2 N–H and O–H groups in total. The van der Waals surface area contributed by atoms with Gasteiger partial charge < -0.3 is 5.32 Å². The highest BCUT2D eigenvalue weighted by Gasteiger charge is 2.15. The van der Waals surface area contributed by atoms with Crippen LogP contribution in [0.5, 0.6) is 0 Å². The number of H-pyrrole nitrogens is 1. The Labute approximate surface area is 106 Å². The highest BCUT2D eigenvalue weighted by Crippen LogP contribution is 2.18. The molecule has 0 spiro atoms.